The molecular formula is C19H18N4O3. The number of carbonyl (C=O) groups excluding carboxylic acids is 2. The Labute approximate surface area is 150 Å². The van der Waals surface area contributed by atoms with Gasteiger partial charge in [0.05, 0.1) is 11.9 Å². The zero-order valence-electron chi connectivity index (χ0n) is 14.4. The van der Waals surface area contributed by atoms with Crippen LogP contribution in [0.5, 0.6) is 5.75 Å². The van der Waals surface area contributed by atoms with E-state index in [4.69, 9.17) is 4.74 Å². The lowest BCUT2D eigenvalue weighted by Gasteiger charge is -2.15. The smallest absolute Gasteiger partial charge is 0.289 e. The number of fused-ring (bicyclic) bond motifs is 1. The molecule has 0 spiro atoms. The highest BCUT2D eigenvalue weighted by molar-refractivity contribution is 5.93. The van der Waals surface area contributed by atoms with Crippen LogP contribution in [0.3, 0.4) is 0 Å². The van der Waals surface area contributed by atoms with Crippen LogP contribution >= 0.6 is 0 Å². The summed E-state index contributed by atoms with van der Waals surface area (Å²) in [6.07, 6.45) is 2.02. The molecule has 0 aliphatic heterocycles. The maximum absolute atomic E-state index is 12.1. The van der Waals surface area contributed by atoms with Crippen molar-refractivity contribution in [3.8, 4) is 5.75 Å². The SMILES string of the molecule is Cc1cnc(C(=O)NNC(=O)C(C)Oc2ccc3ccccc3c2)cn1. The van der Waals surface area contributed by atoms with E-state index in [2.05, 4.69) is 20.8 Å². The lowest BCUT2D eigenvalue weighted by atomic mass is 10.1. The van der Waals surface area contributed by atoms with Crippen molar-refractivity contribution < 1.29 is 14.3 Å². The van der Waals surface area contributed by atoms with Gasteiger partial charge in [0.2, 0.25) is 0 Å². The monoisotopic (exact) mass is 350 g/mol. The summed E-state index contributed by atoms with van der Waals surface area (Å²) >= 11 is 0. The van der Waals surface area contributed by atoms with E-state index in [0.29, 0.717) is 11.4 Å². The van der Waals surface area contributed by atoms with Crippen LogP contribution in [0.4, 0.5) is 0 Å². The van der Waals surface area contributed by atoms with Gasteiger partial charge in [-0.1, -0.05) is 30.3 Å². The van der Waals surface area contributed by atoms with Gasteiger partial charge in [0, 0.05) is 6.20 Å². The minimum absolute atomic E-state index is 0.110. The molecule has 3 aromatic rings. The van der Waals surface area contributed by atoms with Crippen LogP contribution in [0, 0.1) is 6.92 Å². The van der Waals surface area contributed by atoms with Crippen LogP contribution in [0.1, 0.15) is 23.1 Å². The van der Waals surface area contributed by atoms with Gasteiger partial charge in [-0.25, -0.2) is 4.98 Å². The van der Waals surface area contributed by atoms with Gasteiger partial charge >= 0.3 is 0 Å². The molecule has 0 saturated heterocycles. The summed E-state index contributed by atoms with van der Waals surface area (Å²) < 4.78 is 5.65. The summed E-state index contributed by atoms with van der Waals surface area (Å²) in [6.45, 7) is 3.37. The second kappa shape index (κ2) is 7.60. The number of ether oxygens (including phenoxy) is 1. The summed E-state index contributed by atoms with van der Waals surface area (Å²) in [7, 11) is 0. The van der Waals surface area contributed by atoms with Gasteiger partial charge in [-0.3, -0.25) is 25.4 Å². The number of nitrogens with zero attached hydrogens (tertiary/aromatic N) is 2. The van der Waals surface area contributed by atoms with E-state index >= 15 is 0 Å². The largest absolute Gasteiger partial charge is 0.481 e. The van der Waals surface area contributed by atoms with Crippen molar-refractivity contribution >= 4 is 22.6 Å². The molecule has 0 radical (unpaired) electrons. The van der Waals surface area contributed by atoms with E-state index in [1.807, 2.05) is 36.4 Å². The molecule has 7 heteroatoms. The fourth-order valence-electron chi connectivity index (χ4n) is 2.29. The average molecular weight is 350 g/mol. The Kier molecular flexibility index (Phi) is 5.07. The number of hydrazine groups is 1. The topological polar surface area (TPSA) is 93.2 Å². The van der Waals surface area contributed by atoms with E-state index in [0.717, 1.165) is 10.8 Å². The van der Waals surface area contributed by atoms with E-state index in [1.54, 1.807) is 19.9 Å². The van der Waals surface area contributed by atoms with Crippen molar-refractivity contribution in [2.24, 2.45) is 0 Å². The van der Waals surface area contributed by atoms with Gasteiger partial charge in [-0.05, 0) is 36.8 Å². The normalized spacial score (nSPS) is 11.6. The first-order chi connectivity index (χ1) is 12.5. The second-order valence-electron chi connectivity index (χ2n) is 5.76. The highest BCUT2D eigenvalue weighted by Gasteiger charge is 2.16. The third kappa shape index (κ3) is 4.13. The minimum atomic E-state index is -0.791. The number of carbonyl (C=O) groups is 2. The van der Waals surface area contributed by atoms with E-state index in [1.165, 1.54) is 12.4 Å². The van der Waals surface area contributed by atoms with Gasteiger partial charge in [-0.15, -0.1) is 0 Å². The number of nitrogens with one attached hydrogen (secondary N) is 2. The fourth-order valence-corrected chi connectivity index (χ4v) is 2.29. The second-order valence-corrected chi connectivity index (χ2v) is 5.76. The number of hydrogen-bond acceptors (Lipinski definition) is 5. The van der Waals surface area contributed by atoms with Crippen LogP contribution in [-0.2, 0) is 4.79 Å². The molecule has 0 aliphatic rings. The van der Waals surface area contributed by atoms with Gasteiger partial charge in [0.25, 0.3) is 11.8 Å². The zero-order valence-corrected chi connectivity index (χ0v) is 14.4. The van der Waals surface area contributed by atoms with Crippen molar-refractivity contribution in [1.82, 2.24) is 20.8 Å². The maximum Gasteiger partial charge on any atom is 0.289 e. The molecule has 1 aromatic heterocycles. The van der Waals surface area contributed by atoms with Crippen molar-refractivity contribution in [3.63, 3.8) is 0 Å². The van der Waals surface area contributed by atoms with E-state index in [9.17, 15) is 9.59 Å². The molecule has 0 bridgehead atoms. The van der Waals surface area contributed by atoms with Crippen molar-refractivity contribution in [2.45, 2.75) is 20.0 Å². The highest BCUT2D eigenvalue weighted by Crippen LogP contribution is 2.21. The van der Waals surface area contributed by atoms with Crippen molar-refractivity contribution in [3.05, 3.63) is 66.2 Å². The lowest BCUT2D eigenvalue weighted by Crippen LogP contribution is -2.47. The standard InChI is InChI=1S/C19H18N4O3/c1-12-10-21-17(11-20-12)19(25)23-22-18(24)13(2)26-16-8-7-14-5-3-4-6-15(14)9-16/h3-11,13H,1-2H3,(H,22,24)(H,23,25). The first-order valence-electron chi connectivity index (χ1n) is 8.07. The average Bonchev–Trinajstić information content (AvgIpc) is 2.66. The quantitative estimate of drug-likeness (QED) is 0.704. The van der Waals surface area contributed by atoms with Gasteiger partial charge in [-0.2, -0.15) is 0 Å². The molecule has 1 heterocycles. The molecule has 0 fully saturated rings. The van der Waals surface area contributed by atoms with Gasteiger partial charge in [0.15, 0.2) is 6.10 Å². The number of hydrogen-bond donors (Lipinski definition) is 2. The van der Waals surface area contributed by atoms with Crippen LogP contribution in [0.15, 0.2) is 54.9 Å². The van der Waals surface area contributed by atoms with Crippen molar-refractivity contribution in [1.29, 1.82) is 0 Å². The Hall–Kier alpha value is -3.48. The highest BCUT2D eigenvalue weighted by atomic mass is 16.5. The summed E-state index contributed by atoms with van der Waals surface area (Å²) in [5.41, 5.74) is 5.42. The van der Waals surface area contributed by atoms with E-state index < -0.39 is 17.9 Å². The number of aryl methyl sites for hydroxylation is 1. The fraction of sp³-hybridized carbons (Fsp3) is 0.158. The molecule has 1 atom stereocenters. The third-order valence-electron chi connectivity index (χ3n) is 3.72. The van der Waals surface area contributed by atoms with Crippen LogP contribution in [-0.4, -0.2) is 27.9 Å². The lowest BCUT2D eigenvalue weighted by molar-refractivity contribution is -0.128. The molecule has 0 aliphatic carbocycles. The molecule has 3 rings (SSSR count). The van der Waals surface area contributed by atoms with Gasteiger partial charge in [0.1, 0.15) is 11.4 Å². The van der Waals surface area contributed by atoms with Crippen molar-refractivity contribution in [2.75, 3.05) is 0 Å². The predicted octanol–water partition coefficient (Wildman–Crippen LogP) is 2.17. The molecule has 26 heavy (non-hydrogen) atoms. The predicted molar refractivity (Wildman–Crippen MR) is 96.4 cm³/mol. The molecule has 1 unspecified atom stereocenters. The number of aromatic nitrogens is 2. The summed E-state index contributed by atoms with van der Waals surface area (Å²) in [5, 5.41) is 2.10. The van der Waals surface area contributed by atoms with Crippen LogP contribution < -0.4 is 15.6 Å². The summed E-state index contributed by atoms with van der Waals surface area (Å²) in [6, 6.07) is 13.4. The summed E-state index contributed by atoms with van der Waals surface area (Å²) in [4.78, 5) is 32.0. The molecule has 2 aromatic carbocycles. The summed E-state index contributed by atoms with van der Waals surface area (Å²) in [5.74, 6) is -0.461. The molecular weight excluding hydrogens is 332 g/mol. The first-order valence-corrected chi connectivity index (χ1v) is 8.07. The minimum Gasteiger partial charge on any atom is -0.481 e. The van der Waals surface area contributed by atoms with Crippen LogP contribution in [0.25, 0.3) is 10.8 Å². The number of amides is 2. The Morgan fingerprint density at radius 2 is 1.77 bits per heavy atom. The maximum atomic E-state index is 12.1. The molecule has 2 N–H and O–H groups in total. The zero-order chi connectivity index (χ0) is 18.5. The Morgan fingerprint density at radius 3 is 2.50 bits per heavy atom. The Bertz CT molecular complexity index is 941. The van der Waals surface area contributed by atoms with Gasteiger partial charge < -0.3 is 4.74 Å². The third-order valence-corrected chi connectivity index (χ3v) is 3.72. The van der Waals surface area contributed by atoms with Crippen LogP contribution in [0.2, 0.25) is 0 Å². The molecule has 0 saturated carbocycles. The Balaban J connectivity index is 1.56. The Morgan fingerprint density at radius 1 is 1.00 bits per heavy atom. The molecule has 2 amide bonds. The molecule has 132 valence electrons. The number of benzene rings is 2. The number of rotatable bonds is 4. The van der Waals surface area contributed by atoms with E-state index in [-0.39, 0.29) is 5.69 Å². The molecule has 7 nitrogen and oxygen atoms in total. The first kappa shape index (κ1) is 17.3.